The van der Waals surface area contributed by atoms with Gasteiger partial charge in [0.1, 0.15) is 5.54 Å². The Kier molecular flexibility index (Phi) is 8.63. The van der Waals surface area contributed by atoms with Crippen LogP contribution in [0.1, 0.15) is 59.8 Å². The van der Waals surface area contributed by atoms with Crippen molar-refractivity contribution in [3.8, 4) is 0 Å². The summed E-state index contributed by atoms with van der Waals surface area (Å²) >= 11 is 0. The minimum absolute atomic E-state index is 0.0451. The molecule has 0 aromatic carbocycles. The molecule has 31 heavy (non-hydrogen) atoms. The Balaban J connectivity index is 2.13. The second-order valence-corrected chi connectivity index (χ2v) is 10.2. The molecule has 2 aliphatic rings. The van der Waals surface area contributed by atoms with Gasteiger partial charge < -0.3 is 15.1 Å². The van der Waals surface area contributed by atoms with Crippen LogP contribution in [0.4, 0.5) is 4.79 Å². The van der Waals surface area contributed by atoms with Crippen LogP contribution in [0.25, 0.3) is 0 Å². The van der Waals surface area contributed by atoms with E-state index in [-0.39, 0.29) is 36.0 Å². The summed E-state index contributed by atoms with van der Waals surface area (Å²) in [5.74, 6) is -0.390. The fraction of sp³-hybridized carbons (Fsp3) is 0.826. The molecule has 4 amide bonds. The van der Waals surface area contributed by atoms with Crippen molar-refractivity contribution < 1.29 is 19.2 Å². The Labute approximate surface area is 186 Å². The molecule has 0 spiro atoms. The molecule has 176 valence electrons. The Morgan fingerprint density at radius 1 is 1.10 bits per heavy atom. The Hall–Kier alpha value is -1.96. The van der Waals surface area contributed by atoms with Crippen molar-refractivity contribution >= 4 is 23.6 Å². The van der Waals surface area contributed by atoms with E-state index in [0.717, 1.165) is 6.42 Å². The summed E-state index contributed by atoms with van der Waals surface area (Å²) in [5, 5.41) is 3.06. The van der Waals surface area contributed by atoms with E-state index >= 15 is 0 Å². The van der Waals surface area contributed by atoms with Gasteiger partial charge in [-0.15, -0.1) is 0 Å². The minimum Gasteiger partial charge on any atom is -0.336 e. The van der Waals surface area contributed by atoms with E-state index in [1.807, 2.05) is 32.8 Å². The first-order chi connectivity index (χ1) is 14.5. The largest absolute Gasteiger partial charge is 0.336 e. The number of likely N-dealkylation sites (N-methyl/N-ethyl adjacent to an activating group) is 1. The summed E-state index contributed by atoms with van der Waals surface area (Å²) in [6.45, 7) is 9.93. The van der Waals surface area contributed by atoms with E-state index in [9.17, 15) is 19.2 Å². The van der Waals surface area contributed by atoms with Gasteiger partial charge in [0.15, 0.2) is 0 Å². The van der Waals surface area contributed by atoms with E-state index < -0.39 is 11.4 Å². The molecule has 8 nitrogen and oxygen atoms in total. The van der Waals surface area contributed by atoms with Gasteiger partial charge in [-0.2, -0.15) is 0 Å². The highest BCUT2D eigenvalue weighted by Crippen LogP contribution is 2.38. The predicted octanol–water partition coefficient (Wildman–Crippen LogP) is 2.13. The van der Waals surface area contributed by atoms with Crippen molar-refractivity contribution in [1.29, 1.82) is 0 Å². The molecular weight excluding hydrogens is 396 g/mol. The number of imide groups is 1. The molecule has 2 aliphatic heterocycles. The van der Waals surface area contributed by atoms with E-state index in [4.69, 9.17) is 0 Å². The number of Topliss-reactive ketones (excluding diaryl/α,β-unsaturated/α-hetero) is 1. The third-order valence-electron chi connectivity index (χ3n) is 6.40. The van der Waals surface area contributed by atoms with E-state index in [2.05, 4.69) is 19.2 Å². The summed E-state index contributed by atoms with van der Waals surface area (Å²) in [5.41, 5.74) is -0.912. The topological polar surface area (TPSA) is 90.0 Å². The molecule has 1 N–H and O–H groups in total. The quantitative estimate of drug-likeness (QED) is 0.419. The molecular formula is C23H40N4O4. The first-order valence-electron chi connectivity index (χ1n) is 11.6. The number of hydrogen-bond acceptors (Lipinski definition) is 5. The highest BCUT2D eigenvalue weighted by molar-refractivity contribution is 6.36. The third-order valence-corrected chi connectivity index (χ3v) is 6.40. The number of likely N-dealkylation sites (tertiary alicyclic amines) is 1. The Bertz CT molecular complexity index is 683. The van der Waals surface area contributed by atoms with Crippen LogP contribution in [0, 0.1) is 17.8 Å². The fourth-order valence-corrected chi connectivity index (χ4v) is 4.52. The van der Waals surface area contributed by atoms with Crippen LogP contribution in [0.3, 0.4) is 0 Å². The third kappa shape index (κ3) is 6.05. The van der Waals surface area contributed by atoms with Gasteiger partial charge in [-0.25, -0.2) is 4.79 Å². The maximum atomic E-state index is 13.5. The molecule has 0 radical (unpaired) electrons. The lowest BCUT2D eigenvalue weighted by atomic mass is 9.73. The molecule has 8 heteroatoms. The SMILES string of the molecule is CC(C)CCC1(C2CCN(C(=O)C(=O)CC(C)C)CC2)NC(=O)N(CCN(C)C)C1=O. The summed E-state index contributed by atoms with van der Waals surface area (Å²) < 4.78 is 0. The zero-order chi connectivity index (χ0) is 23.3. The number of ketones is 1. The molecule has 0 aromatic rings. The van der Waals surface area contributed by atoms with E-state index in [1.165, 1.54) is 4.90 Å². The monoisotopic (exact) mass is 436 g/mol. The van der Waals surface area contributed by atoms with Crippen LogP contribution >= 0.6 is 0 Å². The van der Waals surface area contributed by atoms with Crippen LogP contribution in [0.2, 0.25) is 0 Å². The van der Waals surface area contributed by atoms with Gasteiger partial charge >= 0.3 is 6.03 Å². The van der Waals surface area contributed by atoms with Crippen molar-refractivity contribution in [1.82, 2.24) is 20.0 Å². The van der Waals surface area contributed by atoms with Crippen LogP contribution in [0.5, 0.6) is 0 Å². The zero-order valence-electron chi connectivity index (χ0n) is 20.1. The van der Waals surface area contributed by atoms with Crippen molar-refractivity contribution in [3.63, 3.8) is 0 Å². The Morgan fingerprint density at radius 2 is 1.71 bits per heavy atom. The number of carbonyl (C=O) groups excluding carboxylic acids is 4. The number of hydrogen-bond donors (Lipinski definition) is 1. The molecule has 2 rings (SSSR count). The molecule has 1 atom stereocenters. The minimum atomic E-state index is -0.912. The lowest BCUT2D eigenvalue weighted by molar-refractivity contribution is -0.146. The van der Waals surface area contributed by atoms with E-state index in [0.29, 0.717) is 51.4 Å². The molecule has 0 aliphatic carbocycles. The maximum absolute atomic E-state index is 13.5. The van der Waals surface area contributed by atoms with Crippen LogP contribution in [-0.4, -0.2) is 84.1 Å². The number of carbonyl (C=O) groups is 4. The van der Waals surface area contributed by atoms with Gasteiger partial charge in [0.25, 0.3) is 11.8 Å². The first-order valence-corrected chi connectivity index (χ1v) is 11.6. The normalized spacial score (nSPS) is 22.7. The molecule has 2 saturated heterocycles. The smallest absolute Gasteiger partial charge is 0.325 e. The van der Waals surface area contributed by atoms with Gasteiger partial charge in [0.2, 0.25) is 5.78 Å². The number of nitrogens with zero attached hydrogens (tertiary/aromatic N) is 3. The average molecular weight is 437 g/mol. The number of amides is 4. The first kappa shape index (κ1) is 25.3. The van der Waals surface area contributed by atoms with Crippen LogP contribution in [0.15, 0.2) is 0 Å². The molecule has 1 unspecified atom stereocenters. The van der Waals surface area contributed by atoms with Gasteiger partial charge in [-0.05, 0) is 57.5 Å². The maximum Gasteiger partial charge on any atom is 0.325 e. The number of nitrogens with one attached hydrogen (secondary N) is 1. The fourth-order valence-electron chi connectivity index (χ4n) is 4.52. The van der Waals surface area contributed by atoms with Crippen molar-refractivity contribution in [2.24, 2.45) is 17.8 Å². The second kappa shape index (κ2) is 10.6. The molecule has 2 heterocycles. The standard InChI is InChI=1S/C23H40N4O4/c1-16(2)7-10-23(21(30)27(22(31)24-23)14-13-25(5)6)18-8-11-26(12-9-18)20(29)19(28)15-17(3)4/h16-18H,7-15H2,1-6H3,(H,24,31). The predicted molar refractivity (Wildman–Crippen MR) is 119 cm³/mol. The number of urea groups is 1. The van der Waals surface area contributed by atoms with Crippen LogP contribution in [-0.2, 0) is 14.4 Å². The second-order valence-electron chi connectivity index (χ2n) is 10.2. The molecule has 0 aromatic heterocycles. The van der Waals surface area contributed by atoms with Crippen molar-refractivity contribution in [2.45, 2.75) is 65.3 Å². The molecule has 0 saturated carbocycles. The summed E-state index contributed by atoms with van der Waals surface area (Å²) in [6, 6.07) is -0.318. The molecule has 0 bridgehead atoms. The highest BCUT2D eigenvalue weighted by Gasteiger charge is 2.55. The van der Waals surface area contributed by atoms with Gasteiger partial charge in [-0.1, -0.05) is 27.7 Å². The number of rotatable bonds is 10. The van der Waals surface area contributed by atoms with Gasteiger partial charge in [-0.3, -0.25) is 19.3 Å². The van der Waals surface area contributed by atoms with Gasteiger partial charge in [0, 0.05) is 32.6 Å². The highest BCUT2D eigenvalue weighted by atomic mass is 16.2. The lowest BCUT2D eigenvalue weighted by Crippen LogP contribution is -2.57. The van der Waals surface area contributed by atoms with Gasteiger partial charge in [0.05, 0.1) is 0 Å². The van der Waals surface area contributed by atoms with Crippen molar-refractivity contribution in [2.75, 3.05) is 40.3 Å². The summed E-state index contributed by atoms with van der Waals surface area (Å²) in [7, 11) is 3.83. The Morgan fingerprint density at radius 3 is 2.23 bits per heavy atom. The molecule has 2 fully saturated rings. The number of piperidine rings is 1. The zero-order valence-corrected chi connectivity index (χ0v) is 20.1. The summed E-state index contributed by atoms with van der Waals surface area (Å²) in [4.78, 5) is 55.8. The van der Waals surface area contributed by atoms with Crippen molar-refractivity contribution in [3.05, 3.63) is 0 Å². The summed E-state index contributed by atoms with van der Waals surface area (Å²) in [6.07, 6.45) is 2.89. The van der Waals surface area contributed by atoms with E-state index in [1.54, 1.807) is 4.90 Å². The lowest BCUT2D eigenvalue weighted by Gasteiger charge is -2.41. The average Bonchev–Trinajstić information content (AvgIpc) is 2.94. The van der Waals surface area contributed by atoms with Crippen LogP contribution < -0.4 is 5.32 Å².